The molecule has 0 aliphatic heterocycles. The van der Waals surface area contributed by atoms with Gasteiger partial charge in [-0.1, -0.05) is 45.2 Å². The molecule has 0 fully saturated rings. The van der Waals surface area contributed by atoms with E-state index >= 15 is 0 Å². The van der Waals surface area contributed by atoms with Gasteiger partial charge in [0.05, 0.1) is 6.10 Å². The van der Waals surface area contributed by atoms with Crippen LogP contribution < -0.4 is 5.32 Å². The van der Waals surface area contributed by atoms with Crippen molar-refractivity contribution >= 4 is 5.69 Å². The molecule has 0 bridgehead atoms. The summed E-state index contributed by atoms with van der Waals surface area (Å²) in [6.07, 6.45) is 5.24. The van der Waals surface area contributed by atoms with Crippen LogP contribution in [0.3, 0.4) is 0 Å². The van der Waals surface area contributed by atoms with Crippen LogP contribution in [0.2, 0.25) is 0 Å². The van der Waals surface area contributed by atoms with E-state index in [0.29, 0.717) is 0 Å². The molecule has 96 valence electrons. The third-order valence-electron chi connectivity index (χ3n) is 2.94. The minimum absolute atomic E-state index is 0.322. The van der Waals surface area contributed by atoms with Gasteiger partial charge in [0.15, 0.2) is 0 Å². The number of aliphatic hydroxyl groups excluding tert-OH is 1. The van der Waals surface area contributed by atoms with Gasteiger partial charge in [-0.05, 0) is 30.5 Å². The van der Waals surface area contributed by atoms with Gasteiger partial charge in [-0.2, -0.15) is 0 Å². The molecule has 1 rings (SSSR count). The fraction of sp³-hybridized carbons (Fsp3) is 0.600. The highest BCUT2D eigenvalue weighted by Crippen LogP contribution is 2.21. The molecular formula is C15H25NO. The van der Waals surface area contributed by atoms with Gasteiger partial charge in [-0.15, -0.1) is 0 Å². The quantitative estimate of drug-likeness (QED) is 0.664. The Morgan fingerprint density at radius 1 is 1.18 bits per heavy atom. The van der Waals surface area contributed by atoms with Crippen LogP contribution in [0.25, 0.3) is 0 Å². The Morgan fingerprint density at radius 2 is 2.00 bits per heavy atom. The number of nitrogens with one attached hydrogen (secondary N) is 1. The topological polar surface area (TPSA) is 32.3 Å². The zero-order valence-electron chi connectivity index (χ0n) is 11.1. The molecule has 0 heterocycles. The summed E-state index contributed by atoms with van der Waals surface area (Å²) in [5.74, 6) is 0. The van der Waals surface area contributed by atoms with Crippen LogP contribution in [0.1, 0.15) is 57.6 Å². The summed E-state index contributed by atoms with van der Waals surface area (Å²) in [5, 5.41) is 13.3. The molecule has 1 atom stereocenters. The molecular weight excluding hydrogens is 210 g/mol. The standard InChI is InChI=1S/C15H25NO/c1-3-5-6-11-16-14-10-7-9-13(12-14)15(17)8-4-2/h7,9-10,12,15-17H,3-6,8,11H2,1-2H3. The second kappa shape index (κ2) is 8.13. The summed E-state index contributed by atoms with van der Waals surface area (Å²) in [4.78, 5) is 0. The zero-order valence-corrected chi connectivity index (χ0v) is 11.1. The van der Waals surface area contributed by atoms with Crippen molar-refractivity contribution in [2.24, 2.45) is 0 Å². The van der Waals surface area contributed by atoms with Gasteiger partial charge in [0.2, 0.25) is 0 Å². The first-order valence-electron chi connectivity index (χ1n) is 6.79. The highest BCUT2D eigenvalue weighted by Gasteiger charge is 2.06. The molecule has 0 aliphatic rings. The number of hydrogen-bond donors (Lipinski definition) is 2. The minimum Gasteiger partial charge on any atom is -0.388 e. The van der Waals surface area contributed by atoms with Crippen molar-refractivity contribution in [3.05, 3.63) is 29.8 Å². The second-order valence-corrected chi connectivity index (χ2v) is 4.56. The van der Waals surface area contributed by atoms with E-state index in [1.54, 1.807) is 0 Å². The van der Waals surface area contributed by atoms with Gasteiger partial charge in [-0.25, -0.2) is 0 Å². The summed E-state index contributed by atoms with van der Waals surface area (Å²) in [6, 6.07) is 8.13. The average molecular weight is 235 g/mol. The van der Waals surface area contributed by atoms with E-state index < -0.39 is 0 Å². The molecule has 1 aromatic carbocycles. The van der Waals surface area contributed by atoms with Crippen LogP contribution >= 0.6 is 0 Å². The van der Waals surface area contributed by atoms with Crippen molar-refractivity contribution in [3.63, 3.8) is 0 Å². The fourth-order valence-corrected chi connectivity index (χ4v) is 1.90. The van der Waals surface area contributed by atoms with Crippen molar-refractivity contribution in [1.29, 1.82) is 0 Å². The van der Waals surface area contributed by atoms with Gasteiger partial charge in [0.1, 0.15) is 0 Å². The van der Waals surface area contributed by atoms with E-state index in [2.05, 4.69) is 31.3 Å². The predicted molar refractivity (Wildman–Crippen MR) is 74.3 cm³/mol. The number of unbranched alkanes of at least 4 members (excludes halogenated alkanes) is 2. The summed E-state index contributed by atoms with van der Waals surface area (Å²) in [5.41, 5.74) is 2.14. The Hall–Kier alpha value is -1.02. The SMILES string of the molecule is CCCCCNc1cccc(C(O)CCC)c1. The van der Waals surface area contributed by atoms with Gasteiger partial charge in [0, 0.05) is 12.2 Å². The number of anilines is 1. The second-order valence-electron chi connectivity index (χ2n) is 4.56. The molecule has 0 radical (unpaired) electrons. The molecule has 0 aromatic heterocycles. The first kappa shape index (κ1) is 14.0. The van der Waals surface area contributed by atoms with Crippen molar-refractivity contribution in [3.8, 4) is 0 Å². The van der Waals surface area contributed by atoms with Crippen LogP contribution in [0.15, 0.2) is 24.3 Å². The lowest BCUT2D eigenvalue weighted by Crippen LogP contribution is -2.03. The fourth-order valence-electron chi connectivity index (χ4n) is 1.90. The van der Waals surface area contributed by atoms with Crippen molar-refractivity contribution in [1.82, 2.24) is 0 Å². The summed E-state index contributed by atoms with van der Waals surface area (Å²) < 4.78 is 0. The first-order chi connectivity index (χ1) is 8.27. The van der Waals surface area contributed by atoms with E-state index in [4.69, 9.17) is 0 Å². The third kappa shape index (κ3) is 5.22. The highest BCUT2D eigenvalue weighted by molar-refractivity contribution is 5.46. The Bertz CT molecular complexity index is 312. The van der Waals surface area contributed by atoms with Gasteiger partial charge in [-0.3, -0.25) is 0 Å². The zero-order chi connectivity index (χ0) is 12.5. The van der Waals surface area contributed by atoms with E-state index in [9.17, 15) is 5.11 Å². The van der Waals surface area contributed by atoms with Crippen molar-refractivity contribution < 1.29 is 5.11 Å². The van der Waals surface area contributed by atoms with E-state index in [-0.39, 0.29) is 6.10 Å². The molecule has 0 saturated carbocycles. The summed E-state index contributed by atoms with van der Waals surface area (Å²) >= 11 is 0. The molecule has 2 N–H and O–H groups in total. The number of benzene rings is 1. The lowest BCUT2D eigenvalue weighted by Gasteiger charge is -2.12. The van der Waals surface area contributed by atoms with Gasteiger partial charge < -0.3 is 10.4 Å². The number of hydrogen-bond acceptors (Lipinski definition) is 2. The van der Waals surface area contributed by atoms with Gasteiger partial charge in [0.25, 0.3) is 0 Å². The molecule has 1 aromatic rings. The monoisotopic (exact) mass is 235 g/mol. The Labute approximate surface area is 105 Å². The number of aliphatic hydroxyl groups is 1. The molecule has 17 heavy (non-hydrogen) atoms. The maximum Gasteiger partial charge on any atom is 0.0790 e. The Kier molecular flexibility index (Phi) is 6.71. The van der Waals surface area contributed by atoms with Crippen LogP contribution in [0.4, 0.5) is 5.69 Å². The highest BCUT2D eigenvalue weighted by atomic mass is 16.3. The van der Waals surface area contributed by atoms with Gasteiger partial charge >= 0.3 is 0 Å². The van der Waals surface area contributed by atoms with Crippen molar-refractivity contribution in [2.75, 3.05) is 11.9 Å². The van der Waals surface area contributed by atoms with Crippen LogP contribution in [0.5, 0.6) is 0 Å². The molecule has 0 saturated heterocycles. The predicted octanol–water partition coefficient (Wildman–Crippen LogP) is 4.12. The molecule has 2 nitrogen and oxygen atoms in total. The van der Waals surface area contributed by atoms with E-state index in [0.717, 1.165) is 30.6 Å². The smallest absolute Gasteiger partial charge is 0.0790 e. The molecule has 0 amide bonds. The number of rotatable bonds is 8. The minimum atomic E-state index is -0.322. The maximum absolute atomic E-state index is 9.93. The van der Waals surface area contributed by atoms with E-state index in [1.807, 2.05) is 12.1 Å². The lowest BCUT2D eigenvalue weighted by molar-refractivity contribution is 0.166. The van der Waals surface area contributed by atoms with Crippen LogP contribution in [-0.2, 0) is 0 Å². The normalized spacial score (nSPS) is 12.4. The molecule has 2 heteroatoms. The lowest BCUT2D eigenvalue weighted by atomic mass is 10.0. The van der Waals surface area contributed by atoms with E-state index in [1.165, 1.54) is 19.3 Å². The third-order valence-corrected chi connectivity index (χ3v) is 2.94. The Balaban J connectivity index is 2.47. The van der Waals surface area contributed by atoms with Crippen LogP contribution in [-0.4, -0.2) is 11.7 Å². The largest absolute Gasteiger partial charge is 0.388 e. The first-order valence-corrected chi connectivity index (χ1v) is 6.79. The molecule has 1 unspecified atom stereocenters. The summed E-state index contributed by atoms with van der Waals surface area (Å²) in [7, 11) is 0. The molecule has 0 aliphatic carbocycles. The van der Waals surface area contributed by atoms with Crippen LogP contribution in [0, 0.1) is 0 Å². The molecule has 0 spiro atoms. The average Bonchev–Trinajstić information content (AvgIpc) is 2.35. The maximum atomic E-state index is 9.93. The van der Waals surface area contributed by atoms with Crippen molar-refractivity contribution in [2.45, 2.75) is 52.1 Å². The Morgan fingerprint density at radius 3 is 2.71 bits per heavy atom. The summed E-state index contributed by atoms with van der Waals surface area (Å²) in [6.45, 7) is 5.32.